The highest BCUT2D eigenvalue weighted by Crippen LogP contribution is 2.36. The minimum Gasteiger partial charge on any atom is -0.491 e. The lowest BCUT2D eigenvalue weighted by Crippen LogP contribution is -2.06. The maximum atomic E-state index is 12.6. The number of rotatable bonds is 11. The zero-order valence-corrected chi connectivity index (χ0v) is 24.8. The minimum absolute atomic E-state index is 0.359. The number of nitrogens with one attached hydrogen (secondary N) is 1. The molecule has 7 nitrogen and oxygen atoms in total. The summed E-state index contributed by atoms with van der Waals surface area (Å²) in [5, 5.41) is 6.02. The summed E-state index contributed by atoms with van der Waals surface area (Å²) < 4.78 is 15.8. The fourth-order valence-electron chi connectivity index (χ4n) is 3.67. The van der Waals surface area contributed by atoms with E-state index in [0.717, 1.165) is 38.7 Å². The number of aromatic nitrogens is 2. The number of thiophene rings is 1. The molecular weight excluding hydrogens is 621 g/mol. The molecule has 10 heteroatoms. The first-order valence-corrected chi connectivity index (χ1v) is 14.3. The molecule has 4 rings (SSSR count). The highest BCUT2D eigenvalue weighted by molar-refractivity contribution is 14.1. The van der Waals surface area contributed by atoms with Gasteiger partial charge in [-0.15, -0.1) is 22.7 Å². The Morgan fingerprint density at radius 3 is 2.57 bits per heavy atom. The number of ether oxygens (including phenoxy) is 2. The van der Waals surface area contributed by atoms with E-state index < -0.39 is 5.97 Å². The maximum absolute atomic E-state index is 12.6. The van der Waals surface area contributed by atoms with Gasteiger partial charge in [0.15, 0.2) is 28.1 Å². The molecule has 0 saturated carbocycles. The molecule has 37 heavy (non-hydrogen) atoms. The van der Waals surface area contributed by atoms with E-state index >= 15 is 0 Å². The first-order chi connectivity index (χ1) is 17.9. The van der Waals surface area contributed by atoms with Gasteiger partial charge in [-0.3, -0.25) is 0 Å². The summed E-state index contributed by atoms with van der Waals surface area (Å²) in [7, 11) is 1.65. The minimum atomic E-state index is -0.464. The molecule has 3 heterocycles. The van der Waals surface area contributed by atoms with E-state index in [1.54, 1.807) is 59.0 Å². The fraction of sp³-hybridized carbons (Fsp3) is 0.296. The molecule has 0 atom stereocenters. The normalized spacial score (nSPS) is 11.1. The highest BCUT2D eigenvalue weighted by atomic mass is 127. The molecule has 0 saturated heterocycles. The molecule has 0 aliphatic heterocycles. The average molecular weight is 650 g/mol. The smallest absolute Gasteiger partial charge is 0.351 e. The van der Waals surface area contributed by atoms with Crippen molar-refractivity contribution in [3.63, 3.8) is 0 Å². The van der Waals surface area contributed by atoms with Crippen LogP contribution in [-0.2, 0) is 14.2 Å². The Balaban J connectivity index is 1.64. The van der Waals surface area contributed by atoms with Gasteiger partial charge in [0, 0.05) is 34.2 Å². The molecule has 194 valence electrons. The van der Waals surface area contributed by atoms with Crippen molar-refractivity contribution in [3.05, 3.63) is 64.0 Å². The van der Waals surface area contributed by atoms with Gasteiger partial charge in [0.05, 0.1) is 12.3 Å². The second kappa shape index (κ2) is 12.8. The van der Waals surface area contributed by atoms with E-state index in [1.165, 1.54) is 5.56 Å². The molecule has 0 unspecified atom stereocenters. The lowest BCUT2D eigenvalue weighted by Gasteiger charge is -2.09. The van der Waals surface area contributed by atoms with Crippen molar-refractivity contribution < 1.29 is 17.3 Å². The van der Waals surface area contributed by atoms with Gasteiger partial charge >= 0.3 is 5.97 Å². The van der Waals surface area contributed by atoms with Crippen LogP contribution in [0, 0.1) is 12.8 Å². The van der Waals surface area contributed by atoms with E-state index in [-0.39, 0.29) is 0 Å². The third-order valence-corrected chi connectivity index (χ3v) is 7.88. The van der Waals surface area contributed by atoms with E-state index in [9.17, 15) is 4.79 Å². The zero-order chi connectivity index (χ0) is 26.4. The number of anilines is 2. The van der Waals surface area contributed by atoms with Gasteiger partial charge in [-0.2, -0.15) is 0 Å². The molecule has 0 aliphatic rings. The number of nitrogens with zero attached hydrogens (tertiary/aromatic N) is 2. The number of thiazole rings is 1. The number of hydrogen-bond donors (Lipinski definition) is 1. The summed E-state index contributed by atoms with van der Waals surface area (Å²) >= 11 is 4.79. The van der Waals surface area contributed by atoms with Crippen LogP contribution in [-0.4, -0.2) is 36.3 Å². The Labute approximate surface area is 238 Å². The monoisotopic (exact) mass is 649 g/mol. The number of aryl methyl sites for hydroxylation is 1. The van der Waals surface area contributed by atoms with Crippen molar-refractivity contribution in [1.82, 2.24) is 9.97 Å². The van der Waals surface area contributed by atoms with Crippen molar-refractivity contribution >= 4 is 62.6 Å². The summed E-state index contributed by atoms with van der Waals surface area (Å²) in [5.74, 6) is 1.19. The molecule has 0 aliphatic carbocycles. The van der Waals surface area contributed by atoms with Crippen LogP contribution < -0.4 is 10.1 Å². The molecule has 4 aromatic rings. The Bertz CT molecular complexity index is 1350. The van der Waals surface area contributed by atoms with Gasteiger partial charge in [-0.1, -0.05) is 13.8 Å². The van der Waals surface area contributed by atoms with Crippen LogP contribution >= 0.6 is 45.7 Å². The standard InChI is InChI=1S/C27H28IN3O4S2/c1-16(2)11-23-24(18-5-7-20(8-6-18)34-10-9-33-4)30-27(37-23)31-25-21(26(32)35-28)13-19(14-29-25)22-12-17(3)15-36-22/h5-8,12-16H,9-11H2,1-4H3,(H,29,30,31). The van der Waals surface area contributed by atoms with E-state index in [0.29, 0.717) is 35.6 Å². The Morgan fingerprint density at radius 2 is 1.92 bits per heavy atom. The first-order valence-electron chi connectivity index (χ1n) is 11.7. The van der Waals surface area contributed by atoms with Crippen molar-refractivity contribution in [1.29, 1.82) is 0 Å². The highest BCUT2D eigenvalue weighted by Gasteiger charge is 2.20. The number of methoxy groups -OCH3 is 1. The largest absolute Gasteiger partial charge is 0.491 e. The van der Waals surface area contributed by atoms with Crippen LogP contribution in [0.25, 0.3) is 21.7 Å². The summed E-state index contributed by atoms with van der Waals surface area (Å²) in [6.45, 7) is 7.45. The third-order valence-electron chi connectivity index (χ3n) is 5.39. The van der Waals surface area contributed by atoms with Crippen molar-refractivity contribution in [2.24, 2.45) is 5.92 Å². The van der Waals surface area contributed by atoms with Gasteiger partial charge in [0.25, 0.3) is 0 Å². The number of halogens is 1. The van der Waals surface area contributed by atoms with E-state index in [1.807, 2.05) is 37.3 Å². The zero-order valence-electron chi connectivity index (χ0n) is 21.0. The summed E-state index contributed by atoms with van der Waals surface area (Å²) in [6.07, 6.45) is 2.65. The molecule has 0 radical (unpaired) electrons. The topological polar surface area (TPSA) is 82.6 Å². The van der Waals surface area contributed by atoms with E-state index in [4.69, 9.17) is 17.5 Å². The fourth-order valence-corrected chi connectivity index (χ4v) is 5.99. The second-order valence-corrected chi connectivity index (χ2v) is 11.3. The summed E-state index contributed by atoms with van der Waals surface area (Å²) in [5.41, 5.74) is 4.31. The van der Waals surface area contributed by atoms with Gasteiger partial charge in [-0.25, -0.2) is 14.8 Å². The number of benzene rings is 1. The Morgan fingerprint density at radius 1 is 1.14 bits per heavy atom. The number of carbonyl (C=O) groups excluding carboxylic acids is 1. The first kappa shape index (κ1) is 27.5. The molecule has 1 aromatic carbocycles. The number of hydrogen-bond acceptors (Lipinski definition) is 9. The molecule has 0 bridgehead atoms. The Kier molecular flexibility index (Phi) is 9.52. The van der Waals surface area contributed by atoms with Gasteiger partial charge in [0.2, 0.25) is 0 Å². The van der Waals surface area contributed by atoms with Crippen LogP contribution in [0.4, 0.5) is 10.9 Å². The predicted molar refractivity (Wildman–Crippen MR) is 158 cm³/mol. The van der Waals surface area contributed by atoms with Crippen molar-refractivity contribution in [3.8, 4) is 27.4 Å². The van der Waals surface area contributed by atoms with Crippen LogP contribution in [0.5, 0.6) is 5.75 Å². The second-order valence-electron chi connectivity index (χ2n) is 8.85. The SMILES string of the molecule is COCCOc1ccc(-c2nc(Nc3ncc(-c4cc(C)cs4)cc3C(=O)OI)sc2CC(C)C)cc1. The van der Waals surface area contributed by atoms with Crippen molar-refractivity contribution in [2.45, 2.75) is 27.2 Å². The molecule has 0 spiro atoms. The average Bonchev–Trinajstić information content (AvgIpc) is 3.50. The molecule has 1 N–H and O–H groups in total. The Hall–Kier alpha value is -2.54. The third kappa shape index (κ3) is 7.07. The van der Waals surface area contributed by atoms with Gasteiger partial charge in [-0.05, 0) is 66.6 Å². The van der Waals surface area contributed by atoms with Gasteiger partial charge in [0.1, 0.15) is 23.7 Å². The van der Waals surface area contributed by atoms with Crippen LogP contribution in [0.1, 0.15) is 34.6 Å². The number of pyridine rings is 1. The molecule has 0 amide bonds. The molecule has 3 aromatic heterocycles. The predicted octanol–water partition coefficient (Wildman–Crippen LogP) is 7.72. The maximum Gasteiger partial charge on any atom is 0.351 e. The van der Waals surface area contributed by atoms with Crippen molar-refractivity contribution in [2.75, 3.05) is 25.6 Å². The molecular formula is C27H28IN3O4S2. The molecule has 0 fully saturated rings. The summed E-state index contributed by atoms with van der Waals surface area (Å²) in [4.78, 5) is 24.3. The van der Waals surface area contributed by atoms with Crippen LogP contribution in [0.15, 0.2) is 48.0 Å². The quantitative estimate of drug-likeness (QED) is 0.132. The lowest BCUT2D eigenvalue weighted by molar-refractivity contribution is 0.0801. The van der Waals surface area contributed by atoms with Gasteiger partial charge < -0.3 is 17.9 Å². The van der Waals surface area contributed by atoms with Crippen LogP contribution in [0.2, 0.25) is 0 Å². The van der Waals surface area contributed by atoms with Crippen LogP contribution in [0.3, 0.4) is 0 Å². The lowest BCUT2D eigenvalue weighted by atomic mass is 10.0. The van der Waals surface area contributed by atoms with E-state index in [2.05, 4.69) is 35.6 Å². The number of carbonyl (C=O) groups is 1. The summed E-state index contributed by atoms with van der Waals surface area (Å²) in [6, 6.07) is 11.8.